The Hall–Kier alpha value is -2.81. The molecule has 2 N–H and O–H groups in total. The van der Waals surface area contributed by atoms with E-state index in [1.165, 1.54) is 12.5 Å². The molecule has 0 atom stereocenters. The van der Waals surface area contributed by atoms with E-state index in [2.05, 4.69) is 10.6 Å². The summed E-state index contributed by atoms with van der Waals surface area (Å²) in [7, 11) is 0. The second-order valence-electron chi connectivity index (χ2n) is 12.3. The number of rotatable bonds is 7. The van der Waals surface area contributed by atoms with Crippen molar-refractivity contribution in [1.82, 2.24) is 15.2 Å². The van der Waals surface area contributed by atoms with E-state index < -0.39 is 23.2 Å². The Morgan fingerprint density at radius 3 is 2.30 bits per heavy atom. The molecule has 1 aliphatic heterocycles. The van der Waals surface area contributed by atoms with Crippen LogP contribution in [-0.4, -0.2) is 41.2 Å². The number of nitrogens with zero attached hydrogens (tertiary/aromatic N) is 1. The number of hydrogen-bond donors (Lipinski definition) is 2. The number of halogens is 3. The second kappa shape index (κ2) is 12.4. The van der Waals surface area contributed by atoms with Gasteiger partial charge in [-0.2, -0.15) is 13.2 Å². The van der Waals surface area contributed by atoms with E-state index in [0.29, 0.717) is 42.5 Å². The molecule has 1 aromatic heterocycles. The first-order valence-electron chi connectivity index (χ1n) is 14.4. The van der Waals surface area contributed by atoms with E-state index in [-0.39, 0.29) is 23.9 Å². The average Bonchev–Trinajstić information content (AvgIpc) is 3.19. The summed E-state index contributed by atoms with van der Waals surface area (Å²) in [5.74, 6) is -0.263. The highest BCUT2D eigenvalue weighted by molar-refractivity contribution is 5.97. The van der Waals surface area contributed by atoms with Gasteiger partial charge in [-0.3, -0.25) is 9.59 Å². The van der Waals surface area contributed by atoms with E-state index >= 15 is 0 Å². The van der Waals surface area contributed by atoms with Crippen LogP contribution in [0.5, 0.6) is 0 Å². The highest BCUT2D eigenvalue weighted by Gasteiger charge is 2.35. The predicted molar refractivity (Wildman–Crippen MR) is 149 cm³/mol. The molecular formula is C31H42F3N3O3. The lowest BCUT2D eigenvalue weighted by molar-refractivity contribution is -0.138. The standard InChI is InChI=1S/C31H42F3N3O3/c1-20-25(29(39)35-24-12-14-40-15-13-24)18-27(37(20)19-21-8-6-5-7-9-21)23-11-10-22(26(16-23)31(32,33)34)17-28(38)36-30(2,3)4/h10-11,16,18,21,24H,5-9,12-15,17,19H2,1-4H3,(H,35,39)(H,36,38). The smallest absolute Gasteiger partial charge is 0.381 e. The summed E-state index contributed by atoms with van der Waals surface area (Å²) >= 11 is 0. The van der Waals surface area contributed by atoms with Crippen molar-refractivity contribution in [1.29, 1.82) is 0 Å². The largest absolute Gasteiger partial charge is 0.416 e. The zero-order valence-corrected chi connectivity index (χ0v) is 24.0. The minimum atomic E-state index is -4.63. The molecule has 6 nitrogen and oxygen atoms in total. The molecule has 1 saturated carbocycles. The van der Waals surface area contributed by atoms with Gasteiger partial charge < -0.3 is 19.9 Å². The number of carbonyl (C=O) groups is 2. The third kappa shape index (κ3) is 7.68. The molecule has 0 spiro atoms. The number of nitrogens with one attached hydrogen (secondary N) is 2. The summed E-state index contributed by atoms with van der Waals surface area (Å²) in [5.41, 5.74) is 0.775. The minimum Gasteiger partial charge on any atom is -0.381 e. The number of benzene rings is 1. The molecule has 2 aromatic rings. The first-order valence-corrected chi connectivity index (χ1v) is 14.4. The molecule has 9 heteroatoms. The fraction of sp³-hybridized carbons (Fsp3) is 0.613. The highest BCUT2D eigenvalue weighted by atomic mass is 19.4. The fourth-order valence-corrected chi connectivity index (χ4v) is 5.87. The molecular weight excluding hydrogens is 519 g/mol. The molecule has 2 fully saturated rings. The lowest BCUT2D eigenvalue weighted by Gasteiger charge is -2.25. The van der Waals surface area contributed by atoms with Crippen LogP contribution in [0.4, 0.5) is 13.2 Å². The van der Waals surface area contributed by atoms with Crippen molar-refractivity contribution in [3.63, 3.8) is 0 Å². The molecule has 220 valence electrons. The van der Waals surface area contributed by atoms with Crippen LogP contribution in [0.3, 0.4) is 0 Å². The van der Waals surface area contributed by atoms with Crippen LogP contribution in [-0.2, 0) is 28.7 Å². The van der Waals surface area contributed by atoms with Crippen molar-refractivity contribution in [3.05, 3.63) is 46.6 Å². The Balaban J connectivity index is 1.71. The molecule has 40 heavy (non-hydrogen) atoms. The summed E-state index contributed by atoms with van der Waals surface area (Å²) in [6.45, 7) is 9.09. The van der Waals surface area contributed by atoms with Gasteiger partial charge in [0.15, 0.2) is 0 Å². The Morgan fingerprint density at radius 2 is 1.68 bits per heavy atom. The lowest BCUT2D eigenvalue weighted by atomic mass is 9.89. The normalized spacial score (nSPS) is 17.6. The Labute approximate surface area is 235 Å². The zero-order chi connectivity index (χ0) is 29.1. The van der Waals surface area contributed by atoms with Gasteiger partial charge in [0.05, 0.1) is 17.5 Å². The molecule has 0 radical (unpaired) electrons. The van der Waals surface area contributed by atoms with Gasteiger partial charge in [-0.05, 0) is 82.6 Å². The van der Waals surface area contributed by atoms with Crippen molar-refractivity contribution >= 4 is 11.8 Å². The number of ether oxygens (including phenoxy) is 1. The van der Waals surface area contributed by atoms with Gasteiger partial charge in [0.25, 0.3) is 5.91 Å². The maximum absolute atomic E-state index is 14.3. The number of hydrogen-bond acceptors (Lipinski definition) is 3. The van der Waals surface area contributed by atoms with Crippen LogP contribution in [0.1, 0.15) is 92.9 Å². The number of carbonyl (C=O) groups excluding carboxylic acids is 2. The molecule has 1 saturated heterocycles. The van der Waals surface area contributed by atoms with Gasteiger partial charge in [-0.25, -0.2) is 0 Å². The lowest BCUT2D eigenvalue weighted by Crippen LogP contribution is -2.41. The maximum Gasteiger partial charge on any atom is 0.416 e. The number of alkyl halides is 3. The zero-order valence-electron chi connectivity index (χ0n) is 24.0. The molecule has 0 unspecified atom stereocenters. The average molecular weight is 562 g/mol. The monoisotopic (exact) mass is 561 g/mol. The van der Waals surface area contributed by atoms with Crippen molar-refractivity contribution < 1.29 is 27.5 Å². The van der Waals surface area contributed by atoms with Crippen molar-refractivity contribution in [2.75, 3.05) is 13.2 Å². The quantitative estimate of drug-likeness (QED) is 0.409. The summed E-state index contributed by atoms with van der Waals surface area (Å²) in [4.78, 5) is 25.8. The van der Waals surface area contributed by atoms with E-state index in [9.17, 15) is 22.8 Å². The molecule has 4 rings (SSSR count). The van der Waals surface area contributed by atoms with Crippen LogP contribution < -0.4 is 10.6 Å². The van der Waals surface area contributed by atoms with Crippen LogP contribution in [0, 0.1) is 12.8 Å². The Kier molecular flexibility index (Phi) is 9.33. The van der Waals surface area contributed by atoms with Gasteiger partial charge >= 0.3 is 6.18 Å². The van der Waals surface area contributed by atoms with Crippen LogP contribution in [0.25, 0.3) is 11.3 Å². The van der Waals surface area contributed by atoms with Gasteiger partial charge in [0, 0.05) is 42.7 Å². The van der Waals surface area contributed by atoms with E-state index in [4.69, 9.17) is 4.74 Å². The summed E-state index contributed by atoms with van der Waals surface area (Å²) in [5, 5.41) is 5.84. The molecule has 2 amide bonds. The molecule has 1 aromatic carbocycles. The summed E-state index contributed by atoms with van der Waals surface area (Å²) in [6, 6.07) is 5.91. The third-order valence-corrected chi connectivity index (χ3v) is 7.91. The Morgan fingerprint density at radius 1 is 1.00 bits per heavy atom. The van der Waals surface area contributed by atoms with Gasteiger partial charge in [-0.15, -0.1) is 0 Å². The van der Waals surface area contributed by atoms with Gasteiger partial charge in [0.1, 0.15) is 0 Å². The fourth-order valence-electron chi connectivity index (χ4n) is 5.87. The van der Waals surface area contributed by atoms with Crippen LogP contribution in [0.15, 0.2) is 24.3 Å². The van der Waals surface area contributed by atoms with Crippen molar-refractivity contribution in [2.24, 2.45) is 5.92 Å². The van der Waals surface area contributed by atoms with E-state index in [1.807, 2.05) is 11.5 Å². The molecule has 2 heterocycles. The van der Waals surface area contributed by atoms with E-state index in [0.717, 1.165) is 50.3 Å². The first kappa shape index (κ1) is 30.2. The molecule has 2 aliphatic rings. The predicted octanol–water partition coefficient (Wildman–Crippen LogP) is 6.43. The maximum atomic E-state index is 14.3. The Bertz CT molecular complexity index is 1200. The highest BCUT2D eigenvalue weighted by Crippen LogP contribution is 2.37. The molecule has 0 bridgehead atoms. The summed E-state index contributed by atoms with van der Waals surface area (Å²) in [6.07, 6.45) is 2.08. The van der Waals surface area contributed by atoms with Gasteiger partial charge in [-0.1, -0.05) is 31.4 Å². The number of aromatic nitrogens is 1. The number of amides is 2. The minimum absolute atomic E-state index is 0.0150. The third-order valence-electron chi connectivity index (χ3n) is 7.91. The van der Waals surface area contributed by atoms with Crippen molar-refractivity contribution in [2.45, 2.75) is 103 Å². The van der Waals surface area contributed by atoms with E-state index in [1.54, 1.807) is 32.9 Å². The SMILES string of the molecule is Cc1c(C(=O)NC2CCOCC2)cc(-c2ccc(CC(=O)NC(C)(C)C)c(C(F)(F)F)c2)n1CC1CCCCC1. The van der Waals surface area contributed by atoms with Gasteiger partial charge in [0.2, 0.25) is 5.91 Å². The molecule has 1 aliphatic carbocycles. The second-order valence-corrected chi connectivity index (χ2v) is 12.3. The summed E-state index contributed by atoms with van der Waals surface area (Å²) < 4.78 is 50.2. The van der Waals surface area contributed by atoms with Crippen LogP contribution >= 0.6 is 0 Å². The van der Waals surface area contributed by atoms with Crippen LogP contribution in [0.2, 0.25) is 0 Å². The topological polar surface area (TPSA) is 72.4 Å². The first-order chi connectivity index (χ1) is 18.8. The van der Waals surface area contributed by atoms with Crippen molar-refractivity contribution in [3.8, 4) is 11.3 Å².